The minimum absolute atomic E-state index is 0.0115. The van der Waals surface area contributed by atoms with E-state index in [1.807, 2.05) is 42.5 Å². The Kier molecular flexibility index (Phi) is 4.23. The van der Waals surface area contributed by atoms with E-state index in [4.69, 9.17) is 14.2 Å². The van der Waals surface area contributed by atoms with E-state index in [0.29, 0.717) is 25.4 Å². The minimum Gasteiger partial charge on any atom is -0.491 e. The summed E-state index contributed by atoms with van der Waals surface area (Å²) in [7, 11) is 0. The van der Waals surface area contributed by atoms with Gasteiger partial charge in [-0.3, -0.25) is 4.79 Å². The van der Waals surface area contributed by atoms with E-state index in [1.165, 1.54) is 0 Å². The van der Waals surface area contributed by atoms with E-state index < -0.39 is 0 Å². The number of carbonyl (C=O) groups excluding carboxylic acids is 1. The lowest BCUT2D eigenvalue weighted by molar-refractivity contribution is -0.134. The highest BCUT2D eigenvalue weighted by atomic mass is 16.5. The number of benzene rings is 2. The van der Waals surface area contributed by atoms with Crippen molar-refractivity contribution in [3.8, 4) is 17.2 Å². The van der Waals surface area contributed by atoms with Crippen LogP contribution in [-0.2, 0) is 17.8 Å². The minimum atomic E-state index is -0.238. The van der Waals surface area contributed by atoms with Crippen molar-refractivity contribution >= 4 is 5.91 Å². The van der Waals surface area contributed by atoms with Gasteiger partial charge in [0.15, 0.2) is 18.1 Å². The Morgan fingerprint density at radius 2 is 1.96 bits per heavy atom. The molecular weight excluding hydrogens is 330 g/mol. The van der Waals surface area contributed by atoms with Gasteiger partial charge in [-0.15, -0.1) is 0 Å². The average Bonchev–Trinajstić information content (AvgIpc) is 2.80. The van der Waals surface area contributed by atoms with Gasteiger partial charge in [0.2, 0.25) is 0 Å². The molecule has 0 aromatic heterocycles. The van der Waals surface area contributed by atoms with Crippen LogP contribution in [0, 0.1) is 0 Å². The van der Waals surface area contributed by atoms with E-state index in [2.05, 4.69) is 13.8 Å². The maximum atomic E-state index is 12.7. The Bertz CT molecular complexity index is 831. The molecule has 0 atom stereocenters. The van der Waals surface area contributed by atoms with E-state index in [-0.39, 0.29) is 18.1 Å². The van der Waals surface area contributed by atoms with E-state index in [1.54, 1.807) is 4.90 Å². The molecule has 2 aliphatic heterocycles. The van der Waals surface area contributed by atoms with Gasteiger partial charge in [-0.1, -0.05) is 30.3 Å². The van der Waals surface area contributed by atoms with Crippen LogP contribution < -0.4 is 14.2 Å². The number of ether oxygens (including phenoxy) is 3. The smallest absolute Gasteiger partial charge is 0.260 e. The summed E-state index contributed by atoms with van der Waals surface area (Å²) >= 11 is 0. The first kappa shape index (κ1) is 16.8. The quantitative estimate of drug-likeness (QED) is 0.850. The largest absolute Gasteiger partial charge is 0.491 e. The van der Waals surface area contributed by atoms with Gasteiger partial charge in [-0.25, -0.2) is 0 Å². The Morgan fingerprint density at radius 1 is 1.15 bits per heavy atom. The number of nitrogens with zero attached hydrogens (tertiary/aromatic N) is 1. The van der Waals surface area contributed by atoms with Crippen molar-refractivity contribution in [1.29, 1.82) is 0 Å². The highest BCUT2D eigenvalue weighted by molar-refractivity contribution is 5.78. The molecule has 2 aromatic rings. The topological polar surface area (TPSA) is 48.0 Å². The molecule has 5 nitrogen and oxygen atoms in total. The zero-order chi connectivity index (χ0) is 18.1. The Morgan fingerprint density at radius 3 is 2.85 bits per heavy atom. The van der Waals surface area contributed by atoms with Crippen LogP contribution in [0.4, 0.5) is 0 Å². The van der Waals surface area contributed by atoms with Gasteiger partial charge in [0.05, 0.1) is 6.54 Å². The molecular formula is C21H23NO4. The third-order valence-corrected chi connectivity index (χ3v) is 4.71. The lowest BCUT2D eigenvalue weighted by atomic mass is 10.0. The second-order valence-electron chi connectivity index (χ2n) is 7.34. The van der Waals surface area contributed by atoms with Crippen molar-refractivity contribution in [3.63, 3.8) is 0 Å². The van der Waals surface area contributed by atoms with Crippen molar-refractivity contribution in [3.05, 3.63) is 53.6 Å². The summed E-state index contributed by atoms with van der Waals surface area (Å²) in [6, 6.07) is 13.7. The number of para-hydroxylation sites is 2. The summed E-state index contributed by atoms with van der Waals surface area (Å²) in [6.45, 7) is 5.67. The van der Waals surface area contributed by atoms with Gasteiger partial charge in [0, 0.05) is 24.1 Å². The second kappa shape index (κ2) is 6.56. The predicted octanol–water partition coefficient (Wildman–Crippen LogP) is 3.20. The predicted molar refractivity (Wildman–Crippen MR) is 97.7 cm³/mol. The molecule has 0 N–H and O–H groups in total. The molecule has 2 aliphatic rings. The zero-order valence-corrected chi connectivity index (χ0v) is 15.2. The van der Waals surface area contributed by atoms with E-state index in [9.17, 15) is 4.79 Å². The van der Waals surface area contributed by atoms with Crippen LogP contribution in [0.15, 0.2) is 42.5 Å². The first-order valence-electron chi connectivity index (χ1n) is 8.94. The molecule has 0 spiro atoms. The fraction of sp³-hybridized carbons (Fsp3) is 0.381. The normalized spacial score (nSPS) is 17.4. The van der Waals surface area contributed by atoms with Crippen LogP contribution in [0.1, 0.15) is 25.0 Å². The summed E-state index contributed by atoms with van der Waals surface area (Å²) in [4.78, 5) is 14.4. The fourth-order valence-electron chi connectivity index (χ4n) is 3.47. The molecule has 0 radical (unpaired) electrons. The summed E-state index contributed by atoms with van der Waals surface area (Å²) in [5.74, 6) is 2.18. The van der Waals surface area contributed by atoms with Gasteiger partial charge in [-0.2, -0.15) is 0 Å². The van der Waals surface area contributed by atoms with Gasteiger partial charge in [-0.05, 0) is 26.0 Å². The lowest BCUT2D eigenvalue weighted by Crippen LogP contribution is -2.36. The van der Waals surface area contributed by atoms with Crippen molar-refractivity contribution in [2.75, 3.05) is 19.8 Å². The van der Waals surface area contributed by atoms with Crippen LogP contribution in [0.2, 0.25) is 0 Å². The van der Waals surface area contributed by atoms with Crippen LogP contribution in [0.5, 0.6) is 17.2 Å². The van der Waals surface area contributed by atoms with Gasteiger partial charge < -0.3 is 19.1 Å². The first-order chi connectivity index (χ1) is 12.5. The van der Waals surface area contributed by atoms with Crippen LogP contribution in [0.25, 0.3) is 0 Å². The zero-order valence-electron chi connectivity index (χ0n) is 15.2. The summed E-state index contributed by atoms with van der Waals surface area (Å²) < 4.78 is 17.5. The standard InChI is InChI=1S/C21H23NO4/c1-21(2)12-15-7-5-9-18(20(15)26-21)25-14-19(23)22-10-11-24-17-8-4-3-6-16(17)13-22/h3-9H,10-14H2,1-2H3. The lowest BCUT2D eigenvalue weighted by Gasteiger charge is -2.21. The number of carbonyl (C=O) groups is 1. The molecule has 0 bridgehead atoms. The number of hydrogen-bond acceptors (Lipinski definition) is 4. The fourth-order valence-corrected chi connectivity index (χ4v) is 3.47. The summed E-state index contributed by atoms with van der Waals surface area (Å²) in [5, 5.41) is 0. The molecule has 4 rings (SSSR count). The van der Waals surface area contributed by atoms with Gasteiger partial charge >= 0.3 is 0 Å². The van der Waals surface area contributed by atoms with Gasteiger partial charge in [0.25, 0.3) is 5.91 Å². The summed E-state index contributed by atoms with van der Waals surface area (Å²) in [6.07, 6.45) is 0.841. The van der Waals surface area contributed by atoms with Gasteiger partial charge in [0.1, 0.15) is 18.0 Å². The van der Waals surface area contributed by atoms with Crippen LogP contribution in [0.3, 0.4) is 0 Å². The molecule has 26 heavy (non-hydrogen) atoms. The highest BCUT2D eigenvalue weighted by Crippen LogP contribution is 2.41. The average molecular weight is 353 g/mol. The number of rotatable bonds is 3. The number of hydrogen-bond donors (Lipinski definition) is 0. The first-order valence-corrected chi connectivity index (χ1v) is 8.94. The van der Waals surface area contributed by atoms with E-state index >= 15 is 0 Å². The number of amides is 1. The third-order valence-electron chi connectivity index (χ3n) is 4.71. The molecule has 0 saturated heterocycles. The second-order valence-corrected chi connectivity index (χ2v) is 7.34. The molecule has 0 unspecified atom stereocenters. The molecule has 1 amide bonds. The van der Waals surface area contributed by atoms with Crippen molar-refractivity contribution in [2.45, 2.75) is 32.4 Å². The SMILES string of the molecule is CC1(C)Cc2cccc(OCC(=O)N3CCOc4ccccc4C3)c2O1. The molecule has 0 saturated carbocycles. The molecule has 0 fully saturated rings. The maximum Gasteiger partial charge on any atom is 0.260 e. The molecule has 2 heterocycles. The molecule has 0 aliphatic carbocycles. The third kappa shape index (κ3) is 3.34. The van der Waals surface area contributed by atoms with Crippen LogP contribution >= 0.6 is 0 Å². The van der Waals surface area contributed by atoms with Crippen molar-refractivity contribution in [1.82, 2.24) is 4.90 Å². The Balaban J connectivity index is 1.43. The van der Waals surface area contributed by atoms with E-state index in [0.717, 1.165) is 29.0 Å². The molecule has 2 aromatic carbocycles. The Labute approximate surface area is 153 Å². The molecule has 5 heteroatoms. The monoisotopic (exact) mass is 353 g/mol. The van der Waals surface area contributed by atoms with Crippen LogP contribution in [-0.4, -0.2) is 36.2 Å². The van der Waals surface area contributed by atoms with Crippen molar-refractivity contribution < 1.29 is 19.0 Å². The highest BCUT2D eigenvalue weighted by Gasteiger charge is 2.32. The molecule has 136 valence electrons. The number of fused-ring (bicyclic) bond motifs is 2. The summed E-state index contributed by atoms with van der Waals surface area (Å²) in [5.41, 5.74) is 1.90. The van der Waals surface area contributed by atoms with Crippen molar-refractivity contribution in [2.24, 2.45) is 0 Å². The maximum absolute atomic E-state index is 12.7. The Hall–Kier alpha value is -2.69.